The standard InChI is InChI=1S/C13H18/c1-10-9-13(2,3)8-7-11-5-4-6-12(10)11/h7-9H,4-6H2,1-3H3. The van der Waals surface area contributed by atoms with E-state index in [1.54, 1.807) is 11.1 Å². The van der Waals surface area contributed by atoms with E-state index in [2.05, 4.69) is 39.0 Å². The molecule has 0 N–H and O–H groups in total. The topological polar surface area (TPSA) is 0 Å². The van der Waals surface area contributed by atoms with Crippen molar-refractivity contribution in [3.05, 3.63) is 34.9 Å². The van der Waals surface area contributed by atoms with E-state index < -0.39 is 0 Å². The van der Waals surface area contributed by atoms with Crippen molar-refractivity contribution in [2.75, 3.05) is 0 Å². The molecular formula is C13H18. The minimum Gasteiger partial charge on any atom is -0.0748 e. The molecule has 0 aromatic rings. The maximum absolute atomic E-state index is 2.40. The van der Waals surface area contributed by atoms with Crippen LogP contribution in [0.5, 0.6) is 0 Å². The Bertz CT molecular complexity index is 311. The third-order valence-corrected chi connectivity index (χ3v) is 3.04. The minimum atomic E-state index is 0.244. The molecule has 0 aromatic carbocycles. The highest BCUT2D eigenvalue weighted by molar-refractivity contribution is 5.45. The van der Waals surface area contributed by atoms with Crippen LogP contribution >= 0.6 is 0 Å². The molecule has 0 aromatic heterocycles. The predicted octanol–water partition coefficient (Wildman–Crippen LogP) is 4.01. The average Bonchev–Trinajstić information content (AvgIpc) is 2.43. The molecule has 0 fully saturated rings. The minimum absolute atomic E-state index is 0.244. The van der Waals surface area contributed by atoms with E-state index >= 15 is 0 Å². The van der Waals surface area contributed by atoms with Crippen LogP contribution in [0.1, 0.15) is 40.0 Å². The lowest BCUT2D eigenvalue weighted by molar-refractivity contribution is 0.621. The van der Waals surface area contributed by atoms with E-state index in [0.717, 1.165) is 0 Å². The first-order chi connectivity index (χ1) is 6.08. The Morgan fingerprint density at radius 3 is 2.77 bits per heavy atom. The Morgan fingerprint density at radius 2 is 2.00 bits per heavy atom. The van der Waals surface area contributed by atoms with Crippen molar-refractivity contribution < 1.29 is 0 Å². The van der Waals surface area contributed by atoms with E-state index in [1.807, 2.05) is 0 Å². The van der Waals surface area contributed by atoms with Crippen LogP contribution in [0.3, 0.4) is 0 Å². The summed E-state index contributed by atoms with van der Waals surface area (Å²) in [5.41, 5.74) is 4.94. The zero-order valence-corrected chi connectivity index (χ0v) is 8.85. The fourth-order valence-corrected chi connectivity index (χ4v) is 2.41. The summed E-state index contributed by atoms with van der Waals surface area (Å²) in [6.45, 7) is 6.81. The van der Waals surface area contributed by atoms with Gasteiger partial charge in [0.1, 0.15) is 0 Å². The van der Waals surface area contributed by atoms with Crippen molar-refractivity contribution in [1.82, 2.24) is 0 Å². The molecule has 70 valence electrons. The highest BCUT2D eigenvalue weighted by atomic mass is 14.3. The van der Waals surface area contributed by atoms with Crippen molar-refractivity contribution in [2.45, 2.75) is 40.0 Å². The molecular weight excluding hydrogens is 156 g/mol. The van der Waals surface area contributed by atoms with Gasteiger partial charge in [0.25, 0.3) is 0 Å². The highest BCUT2D eigenvalue weighted by Crippen LogP contribution is 2.37. The molecule has 2 rings (SSSR count). The van der Waals surface area contributed by atoms with Crippen molar-refractivity contribution in [1.29, 1.82) is 0 Å². The quantitative estimate of drug-likeness (QED) is 0.520. The number of hydrogen-bond donors (Lipinski definition) is 0. The summed E-state index contributed by atoms with van der Waals surface area (Å²) in [7, 11) is 0. The molecule has 0 aliphatic heterocycles. The second-order valence-corrected chi connectivity index (χ2v) is 4.84. The number of rotatable bonds is 0. The van der Waals surface area contributed by atoms with Gasteiger partial charge in [-0.2, -0.15) is 0 Å². The fourth-order valence-electron chi connectivity index (χ4n) is 2.41. The zero-order chi connectivity index (χ0) is 9.47. The van der Waals surface area contributed by atoms with Gasteiger partial charge in [0.15, 0.2) is 0 Å². The first-order valence-corrected chi connectivity index (χ1v) is 5.20. The number of allylic oxidation sites excluding steroid dienone is 6. The summed E-state index contributed by atoms with van der Waals surface area (Å²) in [6, 6.07) is 0. The largest absolute Gasteiger partial charge is 0.0748 e. The van der Waals surface area contributed by atoms with Gasteiger partial charge in [-0.05, 0) is 37.3 Å². The SMILES string of the molecule is CC1=CC(C)(C)C=CC2=C1CCC2. The summed E-state index contributed by atoms with van der Waals surface area (Å²) in [4.78, 5) is 0. The summed E-state index contributed by atoms with van der Waals surface area (Å²) in [6.07, 6.45) is 11.0. The van der Waals surface area contributed by atoms with Gasteiger partial charge in [-0.25, -0.2) is 0 Å². The van der Waals surface area contributed by atoms with Gasteiger partial charge in [0.2, 0.25) is 0 Å². The van der Waals surface area contributed by atoms with Crippen LogP contribution in [0.4, 0.5) is 0 Å². The molecule has 0 saturated heterocycles. The predicted molar refractivity (Wildman–Crippen MR) is 57.6 cm³/mol. The highest BCUT2D eigenvalue weighted by Gasteiger charge is 2.20. The maximum Gasteiger partial charge on any atom is 0.00134 e. The van der Waals surface area contributed by atoms with Gasteiger partial charge in [0.05, 0.1) is 0 Å². The summed E-state index contributed by atoms with van der Waals surface area (Å²) < 4.78 is 0. The molecule has 2 aliphatic carbocycles. The van der Waals surface area contributed by atoms with E-state index in [4.69, 9.17) is 0 Å². The van der Waals surface area contributed by atoms with Crippen LogP contribution in [0, 0.1) is 5.41 Å². The number of hydrogen-bond acceptors (Lipinski definition) is 0. The van der Waals surface area contributed by atoms with E-state index in [9.17, 15) is 0 Å². The van der Waals surface area contributed by atoms with Crippen molar-refractivity contribution in [2.24, 2.45) is 5.41 Å². The molecule has 0 atom stereocenters. The van der Waals surface area contributed by atoms with Gasteiger partial charge >= 0.3 is 0 Å². The van der Waals surface area contributed by atoms with Crippen LogP contribution in [0.2, 0.25) is 0 Å². The molecule has 0 bridgehead atoms. The molecule has 0 heterocycles. The van der Waals surface area contributed by atoms with Crippen LogP contribution in [-0.2, 0) is 0 Å². The van der Waals surface area contributed by atoms with Gasteiger partial charge in [0, 0.05) is 5.41 Å². The second kappa shape index (κ2) is 2.87. The van der Waals surface area contributed by atoms with E-state index in [1.165, 1.54) is 24.8 Å². The molecule has 0 nitrogen and oxygen atoms in total. The maximum atomic E-state index is 2.40. The van der Waals surface area contributed by atoms with Crippen LogP contribution in [-0.4, -0.2) is 0 Å². The van der Waals surface area contributed by atoms with Gasteiger partial charge in [-0.1, -0.05) is 37.6 Å². The molecule has 0 spiro atoms. The van der Waals surface area contributed by atoms with Crippen molar-refractivity contribution >= 4 is 0 Å². The van der Waals surface area contributed by atoms with Gasteiger partial charge in [-0.15, -0.1) is 0 Å². The Labute approximate surface area is 81.0 Å². The molecule has 0 radical (unpaired) electrons. The molecule has 13 heavy (non-hydrogen) atoms. The van der Waals surface area contributed by atoms with Gasteiger partial charge < -0.3 is 0 Å². The van der Waals surface area contributed by atoms with Crippen molar-refractivity contribution in [3.8, 4) is 0 Å². The lowest BCUT2D eigenvalue weighted by atomic mass is 9.90. The smallest absolute Gasteiger partial charge is 0.00134 e. The molecule has 0 saturated carbocycles. The molecule has 0 unspecified atom stereocenters. The van der Waals surface area contributed by atoms with Crippen LogP contribution in [0.15, 0.2) is 34.9 Å². The normalized spacial score (nSPS) is 25.6. The van der Waals surface area contributed by atoms with E-state index in [0.29, 0.717) is 0 Å². The van der Waals surface area contributed by atoms with Crippen LogP contribution in [0.25, 0.3) is 0 Å². The fraction of sp³-hybridized carbons (Fsp3) is 0.538. The third kappa shape index (κ3) is 1.63. The van der Waals surface area contributed by atoms with Crippen molar-refractivity contribution in [3.63, 3.8) is 0 Å². The third-order valence-electron chi connectivity index (χ3n) is 3.04. The lowest BCUT2D eigenvalue weighted by Gasteiger charge is -2.15. The van der Waals surface area contributed by atoms with E-state index in [-0.39, 0.29) is 5.41 Å². The zero-order valence-electron chi connectivity index (χ0n) is 8.85. The Kier molecular flexibility index (Phi) is 1.94. The lowest BCUT2D eigenvalue weighted by Crippen LogP contribution is -2.02. The molecule has 0 heteroatoms. The molecule has 0 amide bonds. The summed E-state index contributed by atoms with van der Waals surface area (Å²) >= 11 is 0. The first-order valence-electron chi connectivity index (χ1n) is 5.20. The second-order valence-electron chi connectivity index (χ2n) is 4.84. The average molecular weight is 174 g/mol. The summed E-state index contributed by atoms with van der Waals surface area (Å²) in [5.74, 6) is 0. The monoisotopic (exact) mass is 174 g/mol. The Balaban J connectivity index is 2.44. The van der Waals surface area contributed by atoms with Crippen LogP contribution < -0.4 is 0 Å². The molecule has 2 aliphatic rings. The Hall–Kier alpha value is -0.780. The Morgan fingerprint density at radius 1 is 1.23 bits per heavy atom. The first kappa shape index (κ1) is 8.80. The van der Waals surface area contributed by atoms with Gasteiger partial charge in [-0.3, -0.25) is 0 Å². The summed E-state index contributed by atoms with van der Waals surface area (Å²) in [5, 5.41) is 0.